The fraction of sp³-hybridized carbons (Fsp3) is 0.682. The Kier molecular flexibility index (Phi) is 9.20. The Balaban J connectivity index is 0.000000214. The molecule has 1 N–H and O–H groups in total. The number of carbonyl (C=O) groups is 1. The molecule has 2 aliphatic rings. The van der Waals surface area contributed by atoms with Crippen LogP contribution in [0.4, 0.5) is 11.4 Å². The number of rotatable bonds is 6. The maximum Gasteiger partial charge on any atom is 0.336 e. The maximum atomic E-state index is 10.5. The van der Waals surface area contributed by atoms with Crippen LogP contribution in [0.2, 0.25) is 0 Å². The van der Waals surface area contributed by atoms with Gasteiger partial charge in [-0.2, -0.15) is 0 Å². The number of hydrogen-bond acceptors (Lipinski definition) is 5. The standard InChI is InChI=1S/C15H28.C7H4N2O6/c1-2-6-13-9-11-15(12-10-13)14-7-4-3-5-8-14;10-7(11)4-1-5(8(12)13)3-6(2-4)9(14)15/h13-15H,2-12H2,1H3;1-3H,(H,10,11)/t13-,15-;. The smallest absolute Gasteiger partial charge is 0.336 e. The predicted octanol–water partition coefficient (Wildman–Crippen LogP) is 6.37. The first kappa shape index (κ1) is 23.8. The average molecular weight is 421 g/mol. The summed E-state index contributed by atoms with van der Waals surface area (Å²) in [6.07, 6.45) is 16.8. The Morgan fingerprint density at radius 1 is 0.900 bits per heavy atom. The number of carboxylic acids is 1. The topological polar surface area (TPSA) is 124 Å². The second-order valence-electron chi connectivity index (χ2n) is 8.53. The minimum Gasteiger partial charge on any atom is -0.478 e. The van der Waals surface area contributed by atoms with E-state index < -0.39 is 32.8 Å². The molecular weight excluding hydrogens is 388 g/mol. The van der Waals surface area contributed by atoms with E-state index in [0.29, 0.717) is 6.07 Å². The first-order chi connectivity index (χ1) is 14.3. The number of benzene rings is 1. The SMILES string of the molecule is CCC[C@H]1CC[C@H](C2CCCCC2)CC1.O=C(O)c1cc([N+](=O)[O-])cc([N+](=O)[O-])c1. The van der Waals surface area contributed by atoms with E-state index in [1.165, 1.54) is 32.1 Å². The Bertz CT molecular complexity index is 658. The van der Waals surface area contributed by atoms with E-state index in [2.05, 4.69) is 6.92 Å². The van der Waals surface area contributed by atoms with Crippen molar-refractivity contribution in [2.75, 3.05) is 0 Å². The molecule has 166 valence electrons. The van der Waals surface area contributed by atoms with Gasteiger partial charge >= 0.3 is 5.97 Å². The zero-order chi connectivity index (χ0) is 22.1. The molecule has 2 saturated carbocycles. The molecule has 1 aromatic carbocycles. The summed E-state index contributed by atoms with van der Waals surface area (Å²) in [6.45, 7) is 2.34. The van der Waals surface area contributed by atoms with Crippen molar-refractivity contribution in [1.29, 1.82) is 0 Å². The third-order valence-electron chi connectivity index (χ3n) is 6.48. The number of carboxylic acid groups (broad SMARTS) is 1. The summed E-state index contributed by atoms with van der Waals surface area (Å²) < 4.78 is 0. The molecule has 2 fully saturated rings. The van der Waals surface area contributed by atoms with Gasteiger partial charge in [-0.1, -0.05) is 64.7 Å². The van der Waals surface area contributed by atoms with Crippen LogP contribution in [0.3, 0.4) is 0 Å². The molecule has 1 aromatic rings. The van der Waals surface area contributed by atoms with E-state index in [1.807, 2.05) is 0 Å². The molecule has 0 atom stereocenters. The quantitative estimate of drug-likeness (QED) is 0.421. The zero-order valence-electron chi connectivity index (χ0n) is 17.6. The molecule has 0 spiro atoms. The van der Waals surface area contributed by atoms with Crippen molar-refractivity contribution >= 4 is 17.3 Å². The summed E-state index contributed by atoms with van der Waals surface area (Å²) in [5, 5.41) is 29.2. The van der Waals surface area contributed by atoms with Crippen LogP contribution >= 0.6 is 0 Å². The summed E-state index contributed by atoms with van der Waals surface area (Å²) in [6, 6.07) is 2.22. The molecule has 0 heterocycles. The van der Waals surface area contributed by atoms with Crippen molar-refractivity contribution in [2.45, 2.75) is 77.6 Å². The van der Waals surface area contributed by atoms with Crippen LogP contribution in [0.1, 0.15) is 87.9 Å². The number of hydrogen-bond donors (Lipinski definition) is 1. The molecule has 0 aliphatic heterocycles. The number of non-ortho nitro benzene ring substituents is 2. The molecule has 0 radical (unpaired) electrons. The number of nitro benzene ring substituents is 2. The predicted molar refractivity (Wildman–Crippen MR) is 114 cm³/mol. The number of nitrogens with zero attached hydrogens (tertiary/aromatic N) is 2. The summed E-state index contributed by atoms with van der Waals surface area (Å²) in [7, 11) is 0. The van der Waals surface area contributed by atoms with Gasteiger partial charge < -0.3 is 5.11 Å². The lowest BCUT2D eigenvalue weighted by molar-refractivity contribution is -0.394. The van der Waals surface area contributed by atoms with Crippen LogP contribution in [0.15, 0.2) is 18.2 Å². The molecule has 0 saturated heterocycles. The molecular formula is C22H32N2O6. The number of aromatic carboxylic acids is 1. The Morgan fingerprint density at radius 2 is 1.40 bits per heavy atom. The van der Waals surface area contributed by atoms with Gasteiger partial charge in [0.2, 0.25) is 0 Å². The summed E-state index contributed by atoms with van der Waals surface area (Å²) in [4.78, 5) is 29.4. The third kappa shape index (κ3) is 7.07. The molecule has 3 rings (SSSR count). The van der Waals surface area contributed by atoms with Gasteiger partial charge in [-0.25, -0.2) is 4.79 Å². The van der Waals surface area contributed by atoms with Gasteiger partial charge in [-0.15, -0.1) is 0 Å². The van der Waals surface area contributed by atoms with Crippen LogP contribution in [0.5, 0.6) is 0 Å². The molecule has 0 amide bonds. The van der Waals surface area contributed by atoms with Gasteiger partial charge in [-0.05, 0) is 30.6 Å². The molecule has 8 heteroatoms. The zero-order valence-corrected chi connectivity index (χ0v) is 17.6. The lowest BCUT2D eigenvalue weighted by Crippen LogP contribution is -2.23. The van der Waals surface area contributed by atoms with Crippen LogP contribution < -0.4 is 0 Å². The first-order valence-electron chi connectivity index (χ1n) is 11.0. The fourth-order valence-corrected chi connectivity index (χ4v) is 4.89. The van der Waals surface area contributed by atoms with E-state index in [1.54, 1.807) is 38.5 Å². The fourth-order valence-electron chi connectivity index (χ4n) is 4.89. The number of nitro groups is 2. The van der Waals surface area contributed by atoms with Crippen molar-refractivity contribution < 1.29 is 19.7 Å². The molecule has 30 heavy (non-hydrogen) atoms. The Labute approximate surface area is 177 Å². The van der Waals surface area contributed by atoms with Crippen LogP contribution in [0, 0.1) is 38.0 Å². The first-order valence-corrected chi connectivity index (χ1v) is 11.0. The average Bonchev–Trinajstić information content (AvgIpc) is 2.75. The largest absolute Gasteiger partial charge is 0.478 e. The van der Waals surface area contributed by atoms with Crippen molar-refractivity contribution in [2.24, 2.45) is 17.8 Å². The minimum absolute atomic E-state index is 0.490. The van der Waals surface area contributed by atoms with E-state index in [-0.39, 0.29) is 0 Å². The van der Waals surface area contributed by atoms with E-state index in [4.69, 9.17) is 5.11 Å². The minimum atomic E-state index is -1.46. The molecule has 8 nitrogen and oxygen atoms in total. The van der Waals surface area contributed by atoms with Gasteiger partial charge in [-0.3, -0.25) is 20.2 Å². The highest BCUT2D eigenvalue weighted by Gasteiger charge is 2.28. The van der Waals surface area contributed by atoms with E-state index in [0.717, 1.165) is 29.9 Å². The van der Waals surface area contributed by atoms with Gasteiger partial charge in [0.25, 0.3) is 11.4 Å². The molecule has 0 unspecified atom stereocenters. The molecule has 2 aliphatic carbocycles. The summed E-state index contributed by atoms with van der Waals surface area (Å²) >= 11 is 0. The monoisotopic (exact) mass is 420 g/mol. The van der Waals surface area contributed by atoms with Gasteiger partial charge in [0.1, 0.15) is 0 Å². The van der Waals surface area contributed by atoms with Crippen molar-refractivity contribution in [1.82, 2.24) is 0 Å². The highest BCUT2D eigenvalue weighted by Crippen LogP contribution is 2.40. The van der Waals surface area contributed by atoms with Gasteiger partial charge in [0, 0.05) is 12.1 Å². The van der Waals surface area contributed by atoms with Gasteiger partial charge in [0.05, 0.1) is 21.5 Å². The van der Waals surface area contributed by atoms with Crippen molar-refractivity contribution in [3.8, 4) is 0 Å². The lowest BCUT2D eigenvalue weighted by atomic mass is 9.70. The van der Waals surface area contributed by atoms with Crippen molar-refractivity contribution in [3.63, 3.8) is 0 Å². The normalized spacial score (nSPS) is 21.9. The summed E-state index contributed by atoms with van der Waals surface area (Å²) in [5.74, 6) is 1.89. The van der Waals surface area contributed by atoms with E-state index in [9.17, 15) is 25.0 Å². The maximum absolute atomic E-state index is 10.5. The summed E-state index contributed by atoms with van der Waals surface area (Å²) in [5.41, 5.74) is -1.74. The highest BCUT2D eigenvalue weighted by atomic mass is 16.6. The molecule has 0 aromatic heterocycles. The van der Waals surface area contributed by atoms with Crippen LogP contribution in [0.25, 0.3) is 0 Å². The lowest BCUT2D eigenvalue weighted by Gasteiger charge is -2.35. The third-order valence-corrected chi connectivity index (χ3v) is 6.48. The van der Waals surface area contributed by atoms with E-state index >= 15 is 0 Å². The second kappa shape index (κ2) is 11.6. The Morgan fingerprint density at radius 3 is 1.83 bits per heavy atom. The van der Waals surface area contributed by atoms with Crippen molar-refractivity contribution in [3.05, 3.63) is 44.0 Å². The van der Waals surface area contributed by atoms with Crippen LogP contribution in [-0.2, 0) is 0 Å². The van der Waals surface area contributed by atoms with Gasteiger partial charge in [0.15, 0.2) is 0 Å². The molecule has 0 bridgehead atoms. The second-order valence-corrected chi connectivity index (χ2v) is 8.53. The Hall–Kier alpha value is -2.51. The van der Waals surface area contributed by atoms with Crippen LogP contribution in [-0.4, -0.2) is 20.9 Å². The highest BCUT2D eigenvalue weighted by molar-refractivity contribution is 5.89.